The van der Waals surface area contributed by atoms with Crippen molar-refractivity contribution in [2.45, 2.75) is 88.6 Å². The molecule has 2 spiro atoms. The first-order chi connectivity index (χ1) is 16.0. The smallest absolute Gasteiger partial charge is 0.165 e. The van der Waals surface area contributed by atoms with Crippen molar-refractivity contribution in [3.8, 4) is 11.5 Å². The van der Waals surface area contributed by atoms with Crippen LogP contribution in [-0.4, -0.2) is 58.7 Å². The first-order valence-corrected chi connectivity index (χ1v) is 13.3. The summed E-state index contributed by atoms with van der Waals surface area (Å²) in [5.74, 6) is 1.62. The molecular weight excluding hydrogens is 426 g/mol. The summed E-state index contributed by atoms with van der Waals surface area (Å²) in [6.07, 6.45) is 10.0. The number of hydrogen-bond donors (Lipinski definition) is 2. The van der Waals surface area contributed by atoms with Gasteiger partial charge in [0.2, 0.25) is 0 Å². The number of rotatable bonds is 4. The van der Waals surface area contributed by atoms with Crippen molar-refractivity contribution in [2.24, 2.45) is 22.7 Å². The largest absolute Gasteiger partial charge is 0.504 e. The number of fused-ring (bicyclic) bond motifs is 1. The molecule has 184 valence electrons. The van der Waals surface area contributed by atoms with E-state index in [-0.39, 0.29) is 34.0 Å². The summed E-state index contributed by atoms with van der Waals surface area (Å²) < 4.78 is 13.3. The lowest BCUT2D eigenvalue weighted by atomic mass is 9.35. The molecule has 0 aromatic heterocycles. The Morgan fingerprint density at radius 3 is 2.62 bits per heavy atom. The van der Waals surface area contributed by atoms with E-state index in [1.807, 2.05) is 13.0 Å². The fourth-order valence-electron chi connectivity index (χ4n) is 8.94. The number of methoxy groups -OCH3 is 1. The van der Waals surface area contributed by atoms with Crippen LogP contribution in [0, 0.1) is 22.7 Å². The molecule has 34 heavy (non-hydrogen) atoms. The van der Waals surface area contributed by atoms with Crippen molar-refractivity contribution in [3.63, 3.8) is 0 Å². The monoisotopic (exact) mass is 465 g/mol. The zero-order chi connectivity index (χ0) is 23.9. The Labute approximate surface area is 203 Å². The van der Waals surface area contributed by atoms with Crippen molar-refractivity contribution in [1.29, 1.82) is 0 Å². The van der Waals surface area contributed by atoms with Crippen LogP contribution in [0.1, 0.15) is 64.5 Å². The van der Waals surface area contributed by atoms with Crippen LogP contribution < -0.4 is 4.74 Å². The molecule has 2 heterocycles. The second kappa shape index (κ2) is 6.22. The van der Waals surface area contributed by atoms with Gasteiger partial charge in [0, 0.05) is 36.6 Å². The van der Waals surface area contributed by atoms with E-state index in [0.29, 0.717) is 11.8 Å². The summed E-state index contributed by atoms with van der Waals surface area (Å²) in [5.41, 5.74) is 0.165. The molecule has 5 nitrogen and oxygen atoms in total. The van der Waals surface area contributed by atoms with Gasteiger partial charge in [0.15, 0.2) is 11.5 Å². The molecule has 3 fully saturated rings. The van der Waals surface area contributed by atoms with E-state index in [0.717, 1.165) is 31.7 Å². The fourth-order valence-corrected chi connectivity index (χ4v) is 8.94. The maximum atomic E-state index is 12.2. The average molecular weight is 466 g/mol. The summed E-state index contributed by atoms with van der Waals surface area (Å²) in [4.78, 5) is 2.77. The van der Waals surface area contributed by atoms with Gasteiger partial charge in [-0.25, -0.2) is 0 Å². The minimum Gasteiger partial charge on any atom is -0.504 e. The number of aromatic hydroxyl groups is 1. The summed E-state index contributed by atoms with van der Waals surface area (Å²) in [5, 5.41) is 23.1. The number of benzene rings is 1. The van der Waals surface area contributed by atoms with Gasteiger partial charge in [0.25, 0.3) is 0 Å². The van der Waals surface area contributed by atoms with Gasteiger partial charge in [-0.1, -0.05) is 39.0 Å². The summed E-state index contributed by atoms with van der Waals surface area (Å²) in [6.45, 7) is 10.6. The molecule has 2 aliphatic heterocycles. The molecule has 0 amide bonds. The lowest BCUT2D eigenvalue weighted by Gasteiger charge is -2.73. The van der Waals surface area contributed by atoms with Crippen LogP contribution in [0.4, 0.5) is 0 Å². The Hall–Kier alpha value is -1.56. The Kier molecular flexibility index (Phi) is 3.97. The number of hydrogen-bond acceptors (Lipinski definition) is 5. The topological polar surface area (TPSA) is 62.2 Å². The molecule has 7 aliphatic rings. The molecule has 7 unspecified atom stereocenters. The number of ether oxygens (including phenoxy) is 2. The highest BCUT2D eigenvalue weighted by atomic mass is 16.6. The van der Waals surface area contributed by atoms with E-state index in [1.165, 1.54) is 30.5 Å². The van der Waals surface area contributed by atoms with Crippen molar-refractivity contribution in [2.75, 3.05) is 20.2 Å². The SMILES string of the molecule is COC12C=CC3(CC1C(C)(O)C(C)(C)C)C1Cc4ccc(O)c5c4C3(CCN1CC1CC1)C2O5. The minimum atomic E-state index is -0.960. The summed E-state index contributed by atoms with van der Waals surface area (Å²) in [6, 6.07) is 4.33. The molecule has 7 atom stereocenters. The van der Waals surface area contributed by atoms with Gasteiger partial charge in [-0.05, 0) is 68.5 Å². The lowest BCUT2D eigenvalue weighted by Crippen LogP contribution is -2.81. The highest BCUT2D eigenvalue weighted by Gasteiger charge is 2.81. The van der Waals surface area contributed by atoms with Gasteiger partial charge in [0.05, 0.1) is 11.0 Å². The van der Waals surface area contributed by atoms with Crippen LogP contribution in [0.25, 0.3) is 0 Å². The maximum Gasteiger partial charge on any atom is 0.165 e. The van der Waals surface area contributed by atoms with Crippen LogP contribution in [0.5, 0.6) is 11.5 Å². The first kappa shape index (κ1) is 21.7. The van der Waals surface area contributed by atoms with Crippen LogP contribution in [0.15, 0.2) is 24.3 Å². The van der Waals surface area contributed by atoms with E-state index in [9.17, 15) is 10.2 Å². The number of likely N-dealkylation sites (tertiary alicyclic amines) is 1. The van der Waals surface area contributed by atoms with Gasteiger partial charge in [-0.3, -0.25) is 4.90 Å². The Bertz CT molecular complexity index is 1100. The first-order valence-electron chi connectivity index (χ1n) is 13.3. The normalized spacial score (nSPS) is 43.4. The highest BCUT2D eigenvalue weighted by Crippen LogP contribution is 2.76. The molecule has 5 aliphatic carbocycles. The Morgan fingerprint density at radius 2 is 1.94 bits per heavy atom. The van der Waals surface area contributed by atoms with Crippen LogP contribution in [-0.2, 0) is 16.6 Å². The standard InChI is InChI=1S/C29H39NO4/c1-25(2,3)26(4,32)20-15-27-10-11-29(20,33-5)24-28(27)12-13-30(16-17-6-7-17)21(27)14-18-8-9-19(31)23(34-24)22(18)28/h8-11,17,20-21,24,31-32H,6-7,12-16H2,1-5H3. The van der Waals surface area contributed by atoms with E-state index in [2.05, 4.69) is 43.9 Å². The summed E-state index contributed by atoms with van der Waals surface area (Å²) in [7, 11) is 1.78. The molecule has 1 aromatic carbocycles. The number of phenolic OH excluding ortho intramolecular Hbond substituents is 1. The number of aliphatic hydroxyl groups is 1. The molecule has 2 N–H and O–H groups in total. The van der Waals surface area contributed by atoms with Crippen molar-refractivity contribution in [1.82, 2.24) is 4.90 Å². The van der Waals surface area contributed by atoms with Crippen LogP contribution in [0.2, 0.25) is 0 Å². The minimum absolute atomic E-state index is 0.116. The molecule has 0 radical (unpaired) electrons. The van der Waals surface area contributed by atoms with Gasteiger partial charge in [-0.15, -0.1) is 0 Å². The molecule has 1 saturated heterocycles. The molecule has 5 heteroatoms. The number of phenols is 1. The summed E-state index contributed by atoms with van der Waals surface area (Å²) >= 11 is 0. The van der Waals surface area contributed by atoms with E-state index in [1.54, 1.807) is 7.11 Å². The Morgan fingerprint density at radius 1 is 1.18 bits per heavy atom. The van der Waals surface area contributed by atoms with Gasteiger partial charge in [-0.2, -0.15) is 0 Å². The quantitative estimate of drug-likeness (QED) is 0.653. The second-order valence-corrected chi connectivity index (χ2v) is 13.4. The average Bonchev–Trinajstić information content (AvgIpc) is 3.53. The predicted octanol–water partition coefficient (Wildman–Crippen LogP) is 4.19. The molecule has 2 saturated carbocycles. The van der Waals surface area contributed by atoms with Crippen LogP contribution in [0.3, 0.4) is 0 Å². The van der Waals surface area contributed by atoms with Gasteiger partial charge < -0.3 is 19.7 Å². The molecular formula is C29H39NO4. The molecule has 4 bridgehead atoms. The fraction of sp³-hybridized carbons (Fsp3) is 0.724. The molecule has 1 aromatic rings. The van der Waals surface area contributed by atoms with Crippen LogP contribution >= 0.6 is 0 Å². The van der Waals surface area contributed by atoms with E-state index >= 15 is 0 Å². The third-order valence-corrected chi connectivity index (χ3v) is 11.3. The third kappa shape index (κ3) is 2.20. The van der Waals surface area contributed by atoms with Crippen molar-refractivity contribution >= 4 is 0 Å². The van der Waals surface area contributed by atoms with E-state index in [4.69, 9.17) is 9.47 Å². The van der Waals surface area contributed by atoms with Gasteiger partial charge >= 0.3 is 0 Å². The van der Waals surface area contributed by atoms with Gasteiger partial charge in [0.1, 0.15) is 11.7 Å². The third-order valence-electron chi connectivity index (χ3n) is 11.3. The molecule has 8 rings (SSSR count). The number of nitrogens with zero attached hydrogens (tertiary/aromatic N) is 1. The predicted molar refractivity (Wildman–Crippen MR) is 130 cm³/mol. The zero-order valence-electron chi connectivity index (χ0n) is 21.2. The Balaban J connectivity index is 1.49. The number of piperidine rings is 1. The van der Waals surface area contributed by atoms with E-state index < -0.39 is 11.2 Å². The highest BCUT2D eigenvalue weighted by molar-refractivity contribution is 5.65. The van der Waals surface area contributed by atoms with Crippen molar-refractivity contribution in [3.05, 3.63) is 35.4 Å². The van der Waals surface area contributed by atoms with Crippen molar-refractivity contribution < 1.29 is 19.7 Å². The zero-order valence-corrected chi connectivity index (χ0v) is 21.2. The lowest BCUT2D eigenvalue weighted by molar-refractivity contribution is -0.263. The second-order valence-electron chi connectivity index (χ2n) is 13.4. The maximum absolute atomic E-state index is 12.2.